The highest BCUT2D eigenvalue weighted by atomic mass is 16.5. The number of rotatable bonds is 6. The zero-order valence-corrected chi connectivity index (χ0v) is 12.7. The van der Waals surface area contributed by atoms with Crippen molar-refractivity contribution in [1.29, 1.82) is 0 Å². The lowest BCUT2D eigenvalue weighted by molar-refractivity contribution is -0.143. The Hall–Kier alpha value is -1.84. The fourth-order valence-corrected chi connectivity index (χ4v) is 1.91. The van der Waals surface area contributed by atoms with Gasteiger partial charge in [-0.2, -0.15) is 0 Å². The average molecular weight is 277 g/mol. The van der Waals surface area contributed by atoms with E-state index >= 15 is 0 Å². The van der Waals surface area contributed by atoms with Crippen molar-refractivity contribution in [3.05, 3.63) is 34.9 Å². The van der Waals surface area contributed by atoms with Gasteiger partial charge in [-0.25, -0.2) is 0 Å². The van der Waals surface area contributed by atoms with Crippen molar-refractivity contribution in [1.82, 2.24) is 4.90 Å². The van der Waals surface area contributed by atoms with E-state index in [0.717, 1.165) is 16.7 Å². The summed E-state index contributed by atoms with van der Waals surface area (Å²) in [6.07, 6.45) is 0.607. The molecule has 0 heterocycles. The van der Waals surface area contributed by atoms with E-state index in [0.29, 0.717) is 19.6 Å². The van der Waals surface area contributed by atoms with Crippen LogP contribution in [0.4, 0.5) is 0 Å². The number of nitrogens with zero attached hydrogens (tertiary/aromatic N) is 1. The van der Waals surface area contributed by atoms with E-state index in [2.05, 4.69) is 0 Å². The largest absolute Gasteiger partial charge is 0.466 e. The number of benzene rings is 1. The molecule has 0 bridgehead atoms. The second-order valence-electron chi connectivity index (χ2n) is 4.98. The fraction of sp³-hybridized carbons (Fsp3) is 0.500. The number of hydrogen-bond acceptors (Lipinski definition) is 3. The van der Waals surface area contributed by atoms with E-state index in [9.17, 15) is 9.59 Å². The maximum absolute atomic E-state index is 12.1. The van der Waals surface area contributed by atoms with Crippen molar-refractivity contribution >= 4 is 11.9 Å². The van der Waals surface area contributed by atoms with Crippen LogP contribution in [0.25, 0.3) is 0 Å². The summed E-state index contributed by atoms with van der Waals surface area (Å²) in [4.78, 5) is 25.0. The quantitative estimate of drug-likeness (QED) is 0.749. The second kappa shape index (κ2) is 7.68. The zero-order valence-electron chi connectivity index (χ0n) is 12.7. The molecule has 0 aliphatic heterocycles. The SMILES string of the molecule is CCOC(=O)CCN(C)C(=O)Cc1cc(C)ccc1C. The Balaban J connectivity index is 2.53. The lowest BCUT2D eigenvalue weighted by atomic mass is 10.0. The van der Waals surface area contributed by atoms with Crippen LogP contribution in [-0.2, 0) is 20.7 Å². The van der Waals surface area contributed by atoms with Gasteiger partial charge in [0.1, 0.15) is 0 Å². The number of likely N-dealkylation sites (N-methyl/N-ethyl adjacent to an activating group) is 1. The number of amides is 1. The monoisotopic (exact) mass is 277 g/mol. The Morgan fingerprint density at radius 2 is 1.95 bits per heavy atom. The van der Waals surface area contributed by atoms with E-state index in [4.69, 9.17) is 4.74 Å². The van der Waals surface area contributed by atoms with Crippen LogP contribution in [0.5, 0.6) is 0 Å². The van der Waals surface area contributed by atoms with E-state index in [1.165, 1.54) is 0 Å². The minimum atomic E-state index is -0.265. The van der Waals surface area contributed by atoms with E-state index < -0.39 is 0 Å². The van der Waals surface area contributed by atoms with E-state index in [1.54, 1.807) is 18.9 Å². The van der Waals surface area contributed by atoms with E-state index in [1.807, 2.05) is 32.0 Å². The number of ether oxygens (including phenoxy) is 1. The van der Waals surface area contributed by atoms with Crippen LogP contribution in [0.15, 0.2) is 18.2 Å². The summed E-state index contributed by atoms with van der Waals surface area (Å²) in [5, 5.41) is 0. The predicted molar refractivity (Wildman–Crippen MR) is 78.5 cm³/mol. The molecule has 20 heavy (non-hydrogen) atoms. The Morgan fingerprint density at radius 3 is 2.60 bits per heavy atom. The van der Waals surface area contributed by atoms with Crippen LogP contribution >= 0.6 is 0 Å². The molecule has 0 aliphatic rings. The molecule has 0 atom stereocenters. The van der Waals surface area contributed by atoms with Gasteiger partial charge >= 0.3 is 5.97 Å². The van der Waals surface area contributed by atoms with Crippen molar-refractivity contribution in [3.8, 4) is 0 Å². The topological polar surface area (TPSA) is 46.6 Å². The number of carbonyl (C=O) groups is 2. The van der Waals surface area contributed by atoms with Crippen LogP contribution in [0.1, 0.15) is 30.0 Å². The molecule has 0 unspecified atom stereocenters. The third kappa shape index (κ3) is 5.03. The minimum Gasteiger partial charge on any atom is -0.466 e. The maximum atomic E-state index is 12.1. The van der Waals surface area contributed by atoms with Gasteiger partial charge < -0.3 is 9.64 Å². The summed E-state index contributed by atoms with van der Waals surface area (Å²) in [5.74, 6) is -0.248. The lowest BCUT2D eigenvalue weighted by Gasteiger charge is -2.17. The Bertz CT molecular complexity index is 483. The highest BCUT2D eigenvalue weighted by Crippen LogP contribution is 2.12. The normalized spacial score (nSPS) is 10.2. The molecule has 0 spiro atoms. The summed E-state index contributed by atoms with van der Waals surface area (Å²) in [5.41, 5.74) is 3.30. The smallest absolute Gasteiger partial charge is 0.307 e. The van der Waals surface area contributed by atoms with Crippen LogP contribution in [0, 0.1) is 13.8 Å². The second-order valence-corrected chi connectivity index (χ2v) is 4.98. The molecule has 1 rings (SSSR count). The molecule has 110 valence electrons. The van der Waals surface area contributed by atoms with Crippen molar-refractivity contribution < 1.29 is 14.3 Å². The van der Waals surface area contributed by atoms with Crippen LogP contribution in [0.2, 0.25) is 0 Å². The van der Waals surface area contributed by atoms with Gasteiger partial charge in [0, 0.05) is 13.6 Å². The molecule has 0 N–H and O–H groups in total. The van der Waals surface area contributed by atoms with Gasteiger partial charge in [0.15, 0.2) is 0 Å². The lowest BCUT2D eigenvalue weighted by Crippen LogP contribution is -2.30. The van der Waals surface area contributed by atoms with Gasteiger partial charge in [0.25, 0.3) is 0 Å². The van der Waals surface area contributed by atoms with Crippen molar-refractivity contribution in [2.75, 3.05) is 20.2 Å². The minimum absolute atomic E-state index is 0.0167. The Labute approximate surface area is 120 Å². The Morgan fingerprint density at radius 1 is 1.25 bits per heavy atom. The number of aryl methyl sites for hydroxylation is 2. The molecule has 1 aromatic rings. The molecule has 0 saturated heterocycles. The summed E-state index contributed by atoms with van der Waals surface area (Å²) in [6, 6.07) is 6.09. The third-order valence-corrected chi connectivity index (χ3v) is 3.23. The van der Waals surface area contributed by atoms with Gasteiger partial charge in [0.05, 0.1) is 19.4 Å². The molecule has 0 aromatic heterocycles. The molecular weight excluding hydrogens is 254 g/mol. The molecule has 1 aromatic carbocycles. The molecule has 0 saturated carbocycles. The molecule has 4 nitrogen and oxygen atoms in total. The maximum Gasteiger partial charge on any atom is 0.307 e. The first-order valence-corrected chi connectivity index (χ1v) is 6.89. The summed E-state index contributed by atoms with van der Waals surface area (Å²) in [6.45, 7) is 6.55. The predicted octanol–water partition coefficient (Wildman–Crippen LogP) is 2.26. The molecule has 0 radical (unpaired) electrons. The van der Waals surface area contributed by atoms with E-state index in [-0.39, 0.29) is 18.3 Å². The molecular formula is C16H23NO3. The molecule has 4 heteroatoms. The zero-order chi connectivity index (χ0) is 15.1. The van der Waals surface area contributed by atoms with Crippen LogP contribution < -0.4 is 0 Å². The number of esters is 1. The first-order chi connectivity index (χ1) is 9.43. The van der Waals surface area contributed by atoms with Crippen LogP contribution in [0.3, 0.4) is 0 Å². The van der Waals surface area contributed by atoms with Gasteiger partial charge in [-0.3, -0.25) is 9.59 Å². The average Bonchev–Trinajstić information content (AvgIpc) is 2.40. The summed E-state index contributed by atoms with van der Waals surface area (Å²) in [7, 11) is 1.71. The summed E-state index contributed by atoms with van der Waals surface area (Å²) >= 11 is 0. The van der Waals surface area contributed by atoms with Gasteiger partial charge in [-0.05, 0) is 31.9 Å². The standard InChI is InChI=1S/C16H23NO3/c1-5-20-16(19)8-9-17(4)15(18)11-14-10-12(2)6-7-13(14)3/h6-7,10H,5,8-9,11H2,1-4H3. The highest BCUT2D eigenvalue weighted by molar-refractivity contribution is 5.79. The number of hydrogen-bond donors (Lipinski definition) is 0. The van der Waals surface area contributed by atoms with Crippen molar-refractivity contribution in [3.63, 3.8) is 0 Å². The molecule has 0 fully saturated rings. The molecule has 0 aliphatic carbocycles. The highest BCUT2D eigenvalue weighted by Gasteiger charge is 2.13. The van der Waals surface area contributed by atoms with Gasteiger partial charge in [-0.1, -0.05) is 23.8 Å². The number of carbonyl (C=O) groups excluding carboxylic acids is 2. The van der Waals surface area contributed by atoms with Crippen molar-refractivity contribution in [2.45, 2.75) is 33.6 Å². The van der Waals surface area contributed by atoms with Crippen molar-refractivity contribution in [2.24, 2.45) is 0 Å². The molecule has 1 amide bonds. The first-order valence-electron chi connectivity index (χ1n) is 6.89. The third-order valence-electron chi connectivity index (χ3n) is 3.23. The Kier molecular flexibility index (Phi) is 6.22. The first kappa shape index (κ1) is 16.2. The van der Waals surface area contributed by atoms with Crippen LogP contribution in [-0.4, -0.2) is 37.0 Å². The van der Waals surface area contributed by atoms with Gasteiger partial charge in [0.2, 0.25) is 5.91 Å². The summed E-state index contributed by atoms with van der Waals surface area (Å²) < 4.78 is 4.85. The fourth-order valence-electron chi connectivity index (χ4n) is 1.91. The van der Waals surface area contributed by atoms with Gasteiger partial charge in [-0.15, -0.1) is 0 Å².